The highest BCUT2D eigenvalue weighted by molar-refractivity contribution is 6.07. The lowest BCUT2D eigenvalue weighted by Crippen LogP contribution is -2.04. The van der Waals surface area contributed by atoms with Gasteiger partial charge in [0.25, 0.3) is 0 Å². The molecule has 76 valence electrons. The molecule has 1 rings (SSSR count). The predicted octanol–water partition coefficient (Wildman–Crippen LogP) is 2.87. The summed E-state index contributed by atoms with van der Waals surface area (Å²) < 4.78 is 0. The molecule has 0 spiro atoms. The fraction of sp³-hybridized carbons (Fsp3) is 0.333. The number of carbonyl (C=O) groups excluding carboxylic acids is 2. The van der Waals surface area contributed by atoms with Crippen LogP contribution in [0.3, 0.4) is 0 Å². The number of benzene rings is 1. The highest BCUT2D eigenvalue weighted by atomic mass is 16.1. The van der Waals surface area contributed by atoms with Crippen molar-refractivity contribution in [1.29, 1.82) is 0 Å². The lowest BCUT2D eigenvalue weighted by molar-refractivity contribution is -0.116. The molecule has 0 N–H and O–H groups in total. The first-order chi connectivity index (χ1) is 6.70. The number of hydrogen-bond acceptors (Lipinski definition) is 2. The van der Waals surface area contributed by atoms with E-state index < -0.39 is 0 Å². The average molecular weight is 192 g/mol. The van der Waals surface area contributed by atoms with Crippen molar-refractivity contribution < 1.29 is 9.59 Å². The predicted molar refractivity (Wildman–Crippen MR) is 57.4 cm³/mol. The maximum absolute atomic E-state index is 11.2. The van der Waals surface area contributed by atoms with Crippen LogP contribution >= 0.6 is 0 Å². The molecule has 0 fully saturated rings. The summed E-state index contributed by atoms with van der Waals surface area (Å²) in [5.41, 5.74) is 0.604. The van der Waals surface area contributed by atoms with Gasteiger partial charge in [0.1, 0.15) is 5.78 Å². The Morgan fingerprint density at radius 3 is 2.00 bits per heavy atom. The van der Waals surface area contributed by atoms with E-state index in [0.29, 0.717) is 5.56 Å². The molecule has 0 aromatic heterocycles. The maximum atomic E-state index is 11.2. The lowest BCUT2D eigenvalue weighted by atomic mass is 10.1. The first kappa shape index (κ1) is 12.6. The van der Waals surface area contributed by atoms with Gasteiger partial charge < -0.3 is 0 Å². The molecule has 0 atom stereocenters. The number of ketones is 2. The highest BCUT2D eigenvalue weighted by Gasteiger charge is 2.06. The van der Waals surface area contributed by atoms with Crippen LogP contribution in [0.5, 0.6) is 0 Å². The summed E-state index contributed by atoms with van der Waals surface area (Å²) >= 11 is 0. The van der Waals surface area contributed by atoms with E-state index in [9.17, 15) is 9.59 Å². The van der Waals surface area contributed by atoms with Crippen molar-refractivity contribution in [1.82, 2.24) is 0 Å². The van der Waals surface area contributed by atoms with Gasteiger partial charge >= 0.3 is 0 Å². The molecule has 0 aliphatic rings. The standard InChI is InChI=1S/C10H10O2.C2H6/c1-8(11)7-10(12)9-5-3-2-4-6-9;1-2/h2-6H,7H2,1H3;1-2H3. The van der Waals surface area contributed by atoms with Gasteiger partial charge in [-0.2, -0.15) is 0 Å². The fourth-order valence-electron chi connectivity index (χ4n) is 0.952. The summed E-state index contributed by atoms with van der Waals surface area (Å²) in [6.07, 6.45) is 0.00398. The minimum Gasteiger partial charge on any atom is -0.300 e. The molecule has 0 unspecified atom stereocenters. The SMILES string of the molecule is CC.CC(=O)CC(=O)c1ccccc1. The third-order valence-corrected chi connectivity index (χ3v) is 1.51. The smallest absolute Gasteiger partial charge is 0.170 e. The molecule has 0 heterocycles. The zero-order chi connectivity index (χ0) is 11.0. The zero-order valence-corrected chi connectivity index (χ0v) is 8.91. The Hall–Kier alpha value is -1.44. The van der Waals surface area contributed by atoms with Crippen LogP contribution in [0.2, 0.25) is 0 Å². The quantitative estimate of drug-likeness (QED) is 0.545. The van der Waals surface area contributed by atoms with E-state index in [2.05, 4.69) is 0 Å². The lowest BCUT2D eigenvalue weighted by Gasteiger charge is -1.95. The molecule has 1 aromatic rings. The van der Waals surface area contributed by atoms with Crippen LogP contribution in [0.15, 0.2) is 30.3 Å². The van der Waals surface area contributed by atoms with Gasteiger partial charge in [0, 0.05) is 5.56 Å². The highest BCUT2D eigenvalue weighted by Crippen LogP contribution is 2.02. The number of hydrogen-bond donors (Lipinski definition) is 0. The molecule has 0 saturated heterocycles. The average Bonchev–Trinajstić information content (AvgIpc) is 2.21. The van der Waals surface area contributed by atoms with Crippen molar-refractivity contribution in [3.05, 3.63) is 35.9 Å². The van der Waals surface area contributed by atoms with Crippen LogP contribution in [0, 0.1) is 0 Å². The van der Waals surface area contributed by atoms with Gasteiger partial charge in [0.05, 0.1) is 6.42 Å². The van der Waals surface area contributed by atoms with E-state index in [1.165, 1.54) is 6.92 Å². The van der Waals surface area contributed by atoms with Gasteiger partial charge in [-0.05, 0) is 6.92 Å². The van der Waals surface area contributed by atoms with E-state index in [0.717, 1.165) is 0 Å². The van der Waals surface area contributed by atoms with Crippen LogP contribution in [0.25, 0.3) is 0 Å². The second kappa shape index (κ2) is 7.01. The van der Waals surface area contributed by atoms with E-state index in [1.807, 2.05) is 19.9 Å². The van der Waals surface area contributed by atoms with Gasteiger partial charge in [0.2, 0.25) is 0 Å². The number of Topliss-reactive ketones (excluding diaryl/α,β-unsaturated/α-hetero) is 2. The minimum absolute atomic E-state index is 0.00398. The van der Waals surface area contributed by atoms with Crippen molar-refractivity contribution in [2.75, 3.05) is 0 Å². The molecule has 2 nitrogen and oxygen atoms in total. The van der Waals surface area contributed by atoms with Gasteiger partial charge in [-0.15, -0.1) is 0 Å². The Kier molecular flexibility index (Phi) is 6.29. The van der Waals surface area contributed by atoms with Gasteiger partial charge in [-0.25, -0.2) is 0 Å². The first-order valence-corrected chi connectivity index (χ1v) is 4.78. The van der Waals surface area contributed by atoms with E-state index >= 15 is 0 Å². The van der Waals surface area contributed by atoms with Crippen molar-refractivity contribution in [3.63, 3.8) is 0 Å². The second-order valence-corrected chi connectivity index (χ2v) is 2.67. The fourth-order valence-corrected chi connectivity index (χ4v) is 0.952. The molecule has 0 aliphatic carbocycles. The Morgan fingerprint density at radius 1 is 1.07 bits per heavy atom. The molecule has 0 saturated carbocycles. The van der Waals surface area contributed by atoms with Crippen molar-refractivity contribution in [2.24, 2.45) is 0 Å². The van der Waals surface area contributed by atoms with E-state index in [-0.39, 0.29) is 18.0 Å². The maximum Gasteiger partial charge on any atom is 0.170 e. The summed E-state index contributed by atoms with van der Waals surface area (Å²) in [4.78, 5) is 21.8. The van der Waals surface area contributed by atoms with Crippen LogP contribution in [0.1, 0.15) is 37.6 Å². The monoisotopic (exact) mass is 192 g/mol. The Morgan fingerprint density at radius 2 is 1.57 bits per heavy atom. The van der Waals surface area contributed by atoms with Crippen LogP contribution < -0.4 is 0 Å². The summed E-state index contributed by atoms with van der Waals surface area (Å²) in [6.45, 7) is 5.42. The molecule has 0 bridgehead atoms. The summed E-state index contributed by atoms with van der Waals surface area (Å²) in [7, 11) is 0. The van der Waals surface area contributed by atoms with Gasteiger partial charge in [-0.3, -0.25) is 9.59 Å². The van der Waals surface area contributed by atoms with E-state index in [4.69, 9.17) is 0 Å². The van der Waals surface area contributed by atoms with E-state index in [1.54, 1.807) is 24.3 Å². The van der Waals surface area contributed by atoms with Crippen LogP contribution in [-0.4, -0.2) is 11.6 Å². The summed E-state index contributed by atoms with van der Waals surface area (Å²) in [6, 6.07) is 8.84. The third-order valence-electron chi connectivity index (χ3n) is 1.51. The normalized spacial score (nSPS) is 8.50. The third kappa shape index (κ3) is 4.55. The molecule has 0 radical (unpaired) electrons. The molecular weight excluding hydrogens is 176 g/mol. The Labute approximate surface area is 84.9 Å². The largest absolute Gasteiger partial charge is 0.300 e. The first-order valence-electron chi connectivity index (χ1n) is 4.78. The van der Waals surface area contributed by atoms with Crippen LogP contribution in [0.4, 0.5) is 0 Å². The van der Waals surface area contributed by atoms with Crippen molar-refractivity contribution >= 4 is 11.6 Å². The van der Waals surface area contributed by atoms with Crippen molar-refractivity contribution in [2.45, 2.75) is 27.2 Å². The second-order valence-electron chi connectivity index (χ2n) is 2.67. The Balaban J connectivity index is 0.000000791. The Bertz CT molecular complexity index is 288. The molecule has 0 aliphatic heterocycles. The van der Waals surface area contributed by atoms with Gasteiger partial charge in [0.15, 0.2) is 5.78 Å². The zero-order valence-electron chi connectivity index (χ0n) is 8.91. The molecule has 0 amide bonds. The molecular formula is C12H16O2. The van der Waals surface area contributed by atoms with Crippen LogP contribution in [-0.2, 0) is 4.79 Å². The van der Waals surface area contributed by atoms with Gasteiger partial charge in [-0.1, -0.05) is 44.2 Å². The summed E-state index contributed by atoms with van der Waals surface area (Å²) in [5.74, 6) is -0.202. The minimum atomic E-state index is -0.108. The van der Waals surface area contributed by atoms with Crippen molar-refractivity contribution in [3.8, 4) is 0 Å². The number of carbonyl (C=O) groups is 2. The molecule has 14 heavy (non-hydrogen) atoms. The topological polar surface area (TPSA) is 34.1 Å². The number of rotatable bonds is 3. The molecule has 2 heteroatoms. The molecule has 1 aromatic carbocycles. The summed E-state index contributed by atoms with van der Waals surface area (Å²) in [5, 5.41) is 0.